The minimum absolute atomic E-state index is 0.149. The van der Waals surface area contributed by atoms with Crippen LogP contribution < -0.4 is 10.1 Å². The van der Waals surface area contributed by atoms with E-state index in [1.54, 1.807) is 0 Å². The third-order valence-electron chi connectivity index (χ3n) is 3.01. The van der Waals surface area contributed by atoms with Gasteiger partial charge in [-0.2, -0.15) is 15.0 Å². The van der Waals surface area contributed by atoms with Crippen LogP contribution in [0.25, 0.3) is 0 Å². The summed E-state index contributed by atoms with van der Waals surface area (Å²) in [6.07, 6.45) is 2.64. The number of hydrogen-bond acceptors (Lipinski definition) is 6. The number of ether oxygens (including phenoxy) is 1. The second-order valence-corrected chi connectivity index (χ2v) is 4.77. The van der Waals surface area contributed by atoms with Gasteiger partial charge in [0.25, 0.3) is 0 Å². The number of halogens is 1. The SMILES string of the molecule is CCOc1nc(Cl)nc(NCCN(CC)C2CC2)n1. The van der Waals surface area contributed by atoms with Gasteiger partial charge in [-0.15, -0.1) is 0 Å². The smallest absolute Gasteiger partial charge is 0.322 e. The van der Waals surface area contributed by atoms with E-state index in [0.29, 0.717) is 12.6 Å². The third-order valence-corrected chi connectivity index (χ3v) is 3.18. The molecule has 1 aromatic rings. The van der Waals surface area contributed by atoms with Crippen molar-refractivity contribution in [3.05, 3.63) is 5.28 Å². The minimum Gasteiger partial charge on any atom is -0.464 e. The fourth-order valence-electron chi connectivity index (χ4n) is 1.95. The van der Waals surface area contributed by atoms with Crippen molar-refractivity contribution >= 4 is 17.5 Å². The first-order valence-electron chi connectivity index (χ1n) is 6.75. The number of hydrogen-bond donors (Lipinski definition) is 1. The molecule has 106 valence electrons. The summed E-state index contributed by atoms with van der Waals surface area (Å²) in [5.41, 5.74) is 0. The summed E-state index contributed by atoms with van der Waals surface area (Å²) in [5.74, 6) is 0.468. The molecule has 0 amide bonds. The topological polar surface area (TPSA) is 63.2 Å². The summed E-state index contributed by atoms with van der Waals surface area (Å²) < 4.78 is 5.23. The number of nitrogens with zero attached hydrogens (tertiary/aromatic N) is 4. The number of anilines is 1. The summed E-state index contributed by atoms with van der Waals surface area (Å²) in [6.45, 7) is 7.41. The molecule has 0 bridgehead atoms. The van der Waals surface area contributed by atoms with Crippen molar-refractivity contribution in [2.75, 3.05) is 31.6 Å². The Morgan fingerprint density at radius 2 is 2.11 bits per heavy atom. The highest BCUT2D eigenvalue weighted by atomic mass is 35.5. The van der Waals surface area contributed by atoms with Crippen LogP contribution in [0.2, 0.25) is 5.28 Å². The van der Waals surface area contributed by atoms with Gasteiger partial charge >= 0.3 is 6.01 Å². The second kappa shape index (κ2) is 6.86. The molecule has 6 nitrogen and oxygen atoms in total. The molecule has 1 aromatic heterocycles. The standard InChI is InChI=1S/C12H20ClN5O/c1-3-18(9-5-6-9)8-7-14-11-15-10(13)16-12(17-11)19-4-2/h9H,3-8H2,1-2H3,(H,14,15,16,17). The molecule has 1 saturated carbocycles. The van der Waals surface area contributed by atoms with Crippen LogP contribution in [-0.4, -0.2) is 52.1 Å². The molecule has 0 spiro atoms. The van der Waals surface area contributed by atoms with Crippen molar-refractivity contribution in [2.24, 2.45) is 0 Å². The van der Waals surface area contributed by atoms with E-state index in [-0.39, 0.29) is 11.3 Å². The summed E-state index contributed by atoms with van der Waals surface area (Å²) >= 11 is 5.82. The van der Waals surface area contributed by atoms with Crippen LogP contribution in [0.5, 0.6) is 6.01 Å². The Bertz CT molecular complexity index is 413. The van der Waals surface area contributed by atoms with Gasteiger partial charge in [0, 0.05) is 19.1 Å². The van der Waals surface area contributed by atoms with Crippen molar-refractivity contribution < 1.29 is 4.74 Å². The Balaban J connectivity index is 1.84. The predicted molar refractivity (Wildman–Crippen MR) is 74.8 cm³/mol. The maximum atomic E-state index is 5.82. The zero-order valence-corrected chi connectivity index (χ0v) is 12.2. The van der Waals surface area contributed by atoms with Gasteiger partial charge in [-0.3, -0.25) is 4.90 Å². The highest BCUT2D eigenvalue weighted by Crippen LogP contribution is 2.25. The van der Waals surface area contributed by atoms with Crippen LogP contribution >= 0.6 is 11.6 Å². The molecule has 1 N–H and O–H groups in total. The van der Waals surface area contributed by atoms with Gasteiger partial charge in [0.2, 0.25) is 11.2 Å². The molecule has 1 heterocycles. The largest absolute Gasteiger partial charge is 0.464 e. The minimum atomic E-state index is 0.149. The maximum absolute atomic E-state index is 5.82. The van der Waals surface area contributed by atoms with E-state index < -0.39 is 0 Å². The highest BCUT2D eigenvalue weighted by Gasteiger charge is 2.27. The molecule has 19 heavy (non-hydrogen) atoms. The predicted octanol–water partition coefficient (Wildman–Crippen LogP) is 1.82. The average molecular weight is 286 g/mol. The van der Waals surface area contributed by atoms with Gasteiger partial charge in [-0.05, 0) is 37.9 Å². The van der Waals surface area contributed by atoms with E-state index in [4.69, 9.17) is 16.3 Å². The fourth-order valence-corrected chi connectivity index (χ4v) is 2.11. The van der Waals surface area contributed by atoms with Gasteiger partial charge in [0.05, 0.1) is 6.61 Å². The summed E-state index contributed by atoms with van der Waals surface area (Å²) in [6, 6.07) is 1.03. The lowest BCUT2D eigenvalue weighted by molar-refractivity contribution is 0.288. The van der Waals surface area contributed by atoms with Gasteiger partial charge in [0.15, 0.2) is 0 Å². The molecule has 1 aliphatic rings. The first-order valence-corrected chi connectivity index (χ1v) is 7.13. The summed E-state index contributed by atoms with van der Waals surface area (Å²) in [5, 5.41) is 3.31. The number of rotatable bonds is 8. The number of aromatic nitrogens is 3. The second-order valence-electron chi connectivity index (χ2n) is 4.43. The summed E-state index contributed by atoms with van der Waals surface area (Å²) in [4.78, 5) is 14.5. The van der Waals surface area contributed by atoms with Crippen molar-refractivity contribution in [1.82, 2.24) is 19.9 Å². The van der Waals surface area contributed by atoms with Crippen molar-refractivity contribution in [1.29, 1.82) is 0 Å². The lowest BCUT2D eigenvalue weighted by atomic mass is 10.4. The molecule has 0 radical (unpaired) electrons. The normalized spacial score (nSPS) is 14.7. The maximum Gasteiger partial charge on any atom is 0.322 e. The molecule has 0 aliphatic heterocycles. The van der Waals surface area contributed by atoms with Crippen LogP contribution in [0.1, 0.15) is 26.7 Å². The van der Waals surface area contributed by atoms with E-state index in [2.05, 4.69) is 32.1 Å². The molecule has 0 atom stereocenters. The van der Waals surface area contributed by atoms with Gasteiger partial charge in [0.1, 0.15) is 0 Å². The molecule has 0 aromatic carbocycles. The Morgan fingerprint density at radius 3 is 2.74 bits per heavy atom. The van der Waals surface area contributed by atoms with Gasteiger partial charge < -0.3 is 10.1 Å². The lowest BCUT2D eigenvalue weighted by Gasteiger charge is -2.19. The van der Waals surface area contributed by atoms with Gasteiger partial charge in [-0.1, -0.05) is 6.92 Å². The zero-order valence-electron chi connectivity index (χ0n) is 11.4. The average Bonchev–Trinajstić information content (AvgIpc) is 3.19. The molecule has 1 fully saturated rings. The molecule has 0 unspecified atom stereocenters. The molecule has 7 heteroatoms. The number of nitrogens with one attached hydrogen (secondary N) is 1. The highest BCUT2D eigenvalue weighted by molar-refractivity contribution is 6.28. The Morgan fingerprint density at radius 1 is 1.32 bits per heavy atom. The van der Waals surface area contributed by atoms with Crippen LogP contribution in [0, 0.1) is 0 Å². The van der Waals surface area contributed by atoms with Crippen LogP contribution in [0.3, 0.4) is 0 Å². The van der Waals surface area contributed by atoms with Crippen LogP contribution in [0.4, 0.5) is 5.95 Å². The molecular weight excluding hydrogens is 266 g/mol. The fraction of sp³-hybridized carbons (Fsp3) is 0.750. The number of likely N-dealkylation sites (N-methyl/N-ethyl adjacent to an activating group) is 1. The van der Waals surface area contributed by atoms with E-state index in [0.717, 1.165) is 25.7 Å². The Labute approximate surface area is 118 Å². The first kappa shape index (κ1) is 14.3. The molecular formula is C12H20ClN5O. The lowest BCUT2D eigenvalue weighted by Crippen LogP contribution is -2.31. The van der Waals surface area contributed by atoms with E-state index >= 15 is 0 Å². The quantitative estimate of drug-likeness (QED) is 0.786. The molecule has 1 aliphatic carbocycles. The van der Waals surface area contributed by atoms with Crippen LogP contribution in [0.15, 0.2) is 0 Å². The van der Waals surface area contributed by atoms with E-state index in [9.17, 15) is 0 Å². The van der Waals surface area contributed by atoms with Crippen molar-refractivity contribution in [3.8, 4) is 6.01 Å². The molecule has 2 rings (SSSR count). The summed E-state index contributed by atoms with van der Waals surface area (Å²) in [7, 11) is 0. The van der Waals surface area contributed by atoms with E-state index in [1.165, 1.54) is 12.8 Å². The monoisotopic (exact) mass is 285 g/mol. The first-order chi connectivity index (χ1) is 9.22. The van der Waals surface area contributed by atoms with Crippen LogP contribution in [-0.2, 0) is 0 Å². The van der Waals surface area contributed by atoms with E-state index in [1.807, 2.05) is 6.92 Å². The zero-order chi connectivity index (χ0) is 13.7. The van der Waals surface area contributed by atoms with Crippen molar-refractivity contribution in [3.63, 3.8) is 0 Å². The van der Waals surface area contributed by atoms with Gasteiger partial charge in [-0.25, -0.2) is 0 Å². The molecule has 0 saturated heterocycles. The third kappa shape index (κ3) is 4.47. The Kier molecular flexibility index (Phi) is 5.15. The Hall–Kier alpha value is -1.14. The van der Waals surface area contributed by atoms with Crippen molar-refractivity contribution in [2.45, 2.75) is 32.7 Å².